The first-order valence-corrected chi connectivity index (χ1v) is 10.8. The lowest BCUT2D eigenvalue weighted by atomic mass is 9.95. The number of fused-ring (bicyclic) bond motifs is 1. The summed E-state index contributed by atoms with van der Waals surface area (Å²) in [6.07, 6.45) is 4.03. The Balaban J connectivity index is 1.32. The van der Waals surface area contributed by atoms with Gasteiger partial charge in [-0.2, -0.15) is 0 Å². The third-order valence-electron chi connectivity index (χ3n) is 5.86. The number of rotatable bonds is 5. The maximum Gasteiger partial charge on any atom is 0.318 e. The molecule has 0 aromatic carbocycles. The van der Waals surface area contributed by atoms with Gasteiger partial charge in [-0.3, -0.25) is 4.79 Å². The van der Waals surface area contributed by atoms with E-state index in [0.29, 0.717) is 44.4 Å². The second-order valence-corrected chi connectivity index (χ2v) is 8.54. The maximum atomic E-state index is 12.5. The molecule has 3 amide bonds. The van der Waals surface area contributed by atoms with Gasteiger partial charge in [0.25, 0.3) is 0 Å². The molecular formula is C21H30N6O3. The van der Waals surface area contributed by atoms with Crippen LogP contribution in [0, 0.1) is 5.92 Å². The molecule has 9 nitrogen and oxygen atoms in total. The highest BCUT2D eigenvalue weighted by atomic mass is 16.3. The molecule has 0 aliphatic carbocycles. The fourth-order valence-electron chi connectivity index (χ4n) is 4.21. The lowest BCUT2D eigenvalue weighted by molar-refractivity contribution is -0.133. The molecule has 9 heteroatoms. The molecule has 162 valence electrons. The molecule has 1 N–H and O–H groups in total. The van der Waals surface area contributed by atoms with E-state index >= 15 is 0 Å². The zero-order chi connectivity index (χ0) is 21.1. The number of carbonyl (C=O) groups excluding carboxylic acids is 2. The van der Waals surface area contributed by atoms with Crippen molar-refractivity contribution >= 4 is 11.9 Å². The summed E-state index contributed by atoms with van der Waals surface area (Å²) in [7, 11) is 0. The van der Waals surface area contributed by atoms with Crippen LogP contribution in [0.5, 0.6) is 0 Å². The van der Waals surface area contributed by atoms with E-state index in [1.807, 2.05) is 11.0 Å². The summed E-state index contributed by atoms with van der Waals surface area (Å²) in [6, 6.07) is 3.51. The van der Waals surface area contributed by atoms with Crippen LogP contribution in [0.1, 0.15) is 56.4 Å². The highest BCUT2D eigenvalue weighted by molar-refractivity contribution is 5.76. The SMILES string of the molecule is CC(C)CC(=O)N1CCC(c2nnc3n2CCN(C(=O)NCc2ccco2)C3)CC1. The minimum Gasteiger partial charge on any atom is -0.467 e. The van der Waals surface area contributed by atoms with E-state index < -0.39 is 0 Å². The molecule has 2 aromatic heterocycles. The molecule has 0 atom stereocenters. The largest absolute Gasteiger partial charge is 0.467 e. The van der Waals surface area contributed by atoms with Crippen LogP contribution in [-0.4, -0.2) is 56.1 Å². The predicted octanol–water partition coefficient (Wildman–Crippen LogP) is 2.35. The van der Waals surface area contributed by atoms with Crippen LogP contribution in [0.2, 0.25) is 0 Å². The van der Waals surface area contributed by atoms with Crippen LogP contribution in [0.25, 0.3) is 0 Å². The van der Waals surface area contributed by atoms with Crippen LogP contribution < -0.4 is 5.32 Å². The van der Waals surface area contributed by atoms with Crippen LogP contribution in [0.4, 0.5) is 4.79 Å². The summed E-state index contributed by atoms with van der Waals surface area (Å²) in [5.41, 5.74) is 0. The standard InChI is InChI=1S/C21H30N6O3/c1-15(2)12-19(28)25-7-5-16(6-8-25)20-24-23-18-14-26(9-10-27(18)20)21(29)22-13-17-4-3-11-30-17/h3-4,11,15-16H,5-10,12-14H2,1-2H3,(H,22,29). The lowest BCUT2D eigenvalue weighted by Gasteiger charge is -2.33. The van der Waals surface area contributed by atoms with E-state index in [-0.39, 0.29) is 11.9 Å². The van der Waals surface area contributed by atoms with E-state index in [1.54, 1.807) is 17.2 Å². The van der Waals surface area contributed by atoms with Crippen molar-refractivity contribution in [2.75, 3.05) is 19.6 Å². The topological polar surface area (TPSA) is 96.5 Å². The van der Waals surface area contributed by atoms with Gasteiger partial charge in [0.05, 0.1) is 19.4 Å². The van der Waals surface area contributed by atoms with Gasteiger partial charge in [-0.15, -0.1) is 10.2 Å². The number of hydrogen-bond acceptors (Lipinski definition) is 5. The van der Waals surface area contributed by atoms with Crippen LogP contribution in [0.3, 0.4) is 0 Å². The predicted molar refractivity (Wildman–Crippen MR) is 109 cm³/mol. The Morgan fingerprint density at radius 3 is 2.67 bits per heavy atom. The second-order valence-electron chi connectivity index (χ2n) is 8.54. The summed E-state index contributed by atoms with van der Waals surface area (Å²) in [5, 5.41) is 11.7. The van der Waals surface area contributed by atoms with Crippen molar-refractivity contribution in [3.8, 4) is 0 Å². The number of likely N-dealkylation sites (tertiary alicyclic amines) is 1. The monoisotopic (exact) mass is 414 g/mol. The molecule has 2 aromatic rings. The van der Waals surface area contributed by atoms with Crippen LogP contribution >= 0.6 is 0 Å². The summed E-state index contributed by atoms with van der Waals surface area (Å²) in [6.45, 7) is 7.84. The summed E-state index contributed by atoms with van der Waals surface area (Å²) >= 11 is 0. The first kappa shape index (κ1) is 20.4. The zero-order valence-electron chi connectivity index (χ0n) is 17.7. The number of nitrogens with zero attached hydrogens (tertiary/aromatic N) is 5. The average molecular weight is 415 g/mol. The molecular weight excluding hydrogens is 384 g/mol. The van der Waals surface area contributed by atoms with E-state index in [1.165, 1.54) is 0 Å². The Morgan fingerprint density at radius 2 is 1.97 bits per heavy atom. The smallest absolute Gasteiger partial charge is 0.318 e. The first-order valence-electron chi connectivity index (χ1n) is 10.8. The summed E-state index contributed by atoms with van der Waals surface area (Å²) in [5.74, 6) is 3.50. The molecule has 4 rings (SSSR count). The van der Waals surface area contributed by atoms with Crippen molar-refractivity contribution < 1.29 is 14.0 Å². The third kappa shape index (κ3) is 4.49. The van der Waals surface area contributed by atoms with Crippen LogP contribution in [0.15, 0.2) is 22.8 Å². The quantitative estimate of drug-likeness (QED) is 0.810. The van der Waals surface area contributed by atoms with Crippen molar-refractivity contribution in [2.45, 2.75) is 58.7 Å². The van der Waals surface area contributed by atoms with Gasteiger partial charge in [0, 0.05) is 38.5 Å². The van der Waals surface area contributed by atoms with Gasteiger partial charge in [0.2, 0.25) is 5.91 Å². The molecule has 2 aliphatic rings. The van der Waals surface area contributed by atoms with Gasteiger partial charge in [-0.25, -0.2) is 4.79 Å². The Labute approximate surface area is 176 Å². The zero-order valence-corrected chi connectivity index (χ0v) is 17.7. The Kier molecular flexibility index (Phi) is 6.06. The number of nitrogens with one attached hydrogen (secondary N) is 1. The number of amides is 3. The number of furan rings is 1. The first-order chi connectivity index (χ1) is 14.5. The fourth-order valence-corrected chi connectivity index (χ4v) is 4.21. The molecule has 0 bridgehead atoms. The van der Waals surface area contributed by atoms with Crippen LogP contribution in [-0.2, 0) is 24.4 Å². The Bertz CT molecular complexity index is 867. The molecule has 1 fully saturated rings. The minimum absolute atomic E-state index is 0.126. The molecule has 2 aliphatic heterocycles. The highest BCUT2D eigenvalue weighted by Crippen LogP contribution is 2.29. The Hall–Kier alpha value is -2.84. The molecule has 1 saturated heterocycles. The van der Waals surface area contributed by atoms with Gasteiger partial charge in [-0.05, 0) is 30.9 Å². The highest BCUT2D eigenvalue weighted by Gasteiger charge is 2.31. The minimum atomic E-state index is -0.126. The Morgan fingerprint density at radius 1 is 1.17 bits per heavy atom. The van der Waals surface area contributed by atoms with Gasteiger partial charge < -0.3 is 24.1 Å². The van der Waals surface area contributed by atoms with Gasteiger partial charge in [0.1, 0.15) is 11.6 Å². The van der Waals surface area contributed by atoms with E-state index in [0.717, 1.165) is 43.3 Å². The van der Waals surface area contributed by atoms with Gasteiger partial charge in [0.15, 0.2) is 5.82 Å². The fraction of sp³-hybridized carbons (Fsp3) is 0.619. The second kappa shape index (κ2) is 8.89. The maximum absolute atomic E-state index is 12.5. The normalized spacial score (nSPS) is 17.3. The molecule has 0 spiro atoms. The summed E-state index contributed by atoms with van der Waals surface area (Å²) in [4.78, 5) is 28.5. The van der Waals surface area contributed by atoms with Gasteiger partial charge >= 0.3 is 6.03 Å². The van der Waals surface area contributed by atoms with E-state index in [2.05, 4.69) is 33.9 Å². The van der Waals surface area contributed by atoms with Crippen molar-refractivity contribution in [2.24, 2.45) is 5.92 Å². The molecule has 30 heavy (non-hydrogen) atoms. The molecule has 0 saturated carbocycles. The van der Waals surface area contributed by atoms with Crippen molar-refractivity contribution in [3.05, 3.63) is 35.8 Å². The average Bonchev–Trinajstić information content (AvgIpc) is 3.41. The number of piperidine rings is 1. The van der Waals surface area contributed by atoms with Crippen molar-refractivity contribution in [1.82, 2.24) is 29.9 Å². The molecule has 4 heterocycles. The lowest BCUT2D eigenvalue weighted by Crippen LogP contribution is -2.44. The van der Waals surface area contributed by atoms with E-state index in [9.17, 15) is 9.59 Å². The molecule has 0 unspecified atom stereocenters. The van der Waals surface area contributed by atoms with Crippen molar-refractivity contribution in [3.63, 3.8) is 0 Å². The summed E-state index contributed by atoms with van der Waals surface area (Å²) < 4.78 is 7.41. The van der Waals surface area contributed by atoms with Gasteiger partial charge in [-0.1, -0.05) is 13.8 Å². The third-order valence-corrected chi connectivity index (χ3v) is 5.86. The van der Waals surface area contributed by atoms with Crippen molar-refractivity contribution in [1.29, 1.82) is 0 Å². The number of carbonyl (C=O) groups is 2. The molecule has 0 radical (unpaired) electrons. The van der Waals surface area contributed by atoms with E-state index in [4.69, 9.17) is 4.42 Å². The number of urea groups is 1. The number of aromatic nitrogens is 3. The number of hydrogen-bond donors (Lipinski definition) is 1.